The van der Waals surface area contributed by atoms with Gasteiger partial charge in [-0.3, -0.25) is 14.4 Å². The van der Waals surface area contributed by atoms with Gasteiger partial charge in [0.1, 0.15) is 13.2 Å². The van der Waals surface area contributed by atoms with Gasteiger partial charge in [0.15, 0.2) is 6.10 Å². The molecule has 0 rings (SSSR count). The molecule has 0 heterocycles. The fraction of sp³-hybridized carbons (Fsp3) is 0.945. The summed E-state index contributed by atoms with van der Waals surface area (Å²) in [5.41, 5.74) is 0. The van der Waals surface area contributed by atoms with Crippen LogP contribution in [0.1, 0.15) is 304 Å². The largest absolute Gasteiger partial charge is 0.462 e. The molecule has 0 aliphatic rings. The van der Waals surface area contributed by atoms with Crippen LogP contribution in [-0.2, 0) is 28.6 Å². The number of esters is 3. The van der Waals surface area contributed by atoms with Crippen LogP contribution >= 0.6 is 0 Å². The summed E-state index contributed by atoms with van der Waals surface area (Å²) in [7, 11) is 0. The van der Waals surface area contributed by atoms with E-state index >= 15 is 0 Å². The lowest BCUT2D eigenvalue weighted by Crippen LogP contribution is -2.30. The minimum Gasteiger partial charge on any atom is -0.462 e. The first-order chi connectivity index (χ1) is 29.7. The van der Waals surface area contributed by atoms with Crippen molar-refractivity contribution in [3.8, 4) is 0 Å². The molecule has 0 aliphatic carbocycles. The van der Waals surface area contributed by atoms with Gasteiger partial charge in [-0.05, 0) is 31.1 Å². The molecule has 0 saturated carbocycles. The molecule has 0 amide bonds. The summed E-state index contributed by atoms with van der Waals surface area (Å²) in [6, 6.07) is 0. The van der Waals surface area contributed by atoms with Crippen molar-refractivity contribution in [1.29, 1.82) is 0 Å². The molecule has 362 valence electrons. The second-order valence-corrected chi connectivity index (χ2v) is 19.8. The Kier molecular flexibility index (Phi) is 46.6. The topological polar surface area (TPSA) is 78.9 Å². The van der Waals surface area contributed by atoms with Crippen molar-refractivity contribution < 1.29 is 28.6 Å². The van der Waals surface area contributed by atoms with Crippen molar-refractivity contribution >= 4 is 17.9 Å². The average molecular weight is 863 g/mol. The molecule has 0 bridgehead atoms. The van der Waals surface area contributed by atoms with E-state index in [1.165, 1.54) is 193 Å². The molecule has 0 N–H and O–H groups in total. The highest BCUT2D eigenvalue weighted by Gasteiger charge is 2.19. The van der Waals surface area contributed by atoms with Crippen LogP contribution in [0.15, 0.2) is 0 Å². The minimum atomic E-state index is -0.762. The highest BCUT2D eigenvalue weighted by molar-refractivity contribution is 5.71. The molecular formula is C55H106O6. The average Bonchev–Trinajstić information content (AvgIpc) is 3.23. The third kappa shape index (κ3) is 49.3. The minimum absolute atomic E-state index is 0.0631. The van der Waals surface area contributed by atoms with E-state index < -0.39 is 6.10 Å². The van der Waals surface area contributed by atoms with Gasteiger partial charge in [0.2, 0.25) is 0 Å². The van der Waals surface area contributed by atoms with Crippen LogP contribution < -0.4 is 0 Å². The molecule has 0 radical (unpaired) electrons. The fourth-order valence-electron chi connectivity index (χ4n) is 8.34. The SMILES string of the molecule is CCCCCCCCCCCCCCC(=O)OC[C@@H](COC(=O)CCCCCCCCCCCCCCCC(C)C)OC(=O)CCCCCCCCCCCCCCC(C)C. The Morgan fingerprint density at radius 2 is 0.541 bits per heavy atom. The van der Waals surface area contributed by atoms with E-state index in [1.54, 1.807) is 0 Å². The van der Waals surface area contributed by atoms with Crippen molar-refractivity contribution in [3.05, 3.63) is 0 Å². The molecule has 0 aliphatic heterocycles. The van der Waals surface area contributed by atoms with Crippen LogP contribution in [0.2, 0.25) is 0 Å². The lowest BCUT2D eigenvalue weighted by molar-refractivity contribution is -0.167. The van der Waals surface area contributed by atoms with E-state index in [0.29, 0.717) is 19.3 Å². The van der Waals surface area contributed by atoms with Gasteiger partial charge < -0.3 is 14.2 Å². The van der Waals surface area contributed by atoms with Crippen LogP contribution in [0, 0.1) is 11.8 Å². The Labute approximate surface area is 380 Å². The lowest BCUT2D eigenvalue weighted by atomic mass is 10.0. The normalized spacial score (nSPS) is 12.0. The van der Waals surface area contributed by atoms with Crippen LogP contribution in [0.25, 0.3) is 0 Å². The Balaban J connectivity index is 4.30. The third-order valence-electron chi connectivity index (χ3n) is 12.5. The van der Waals surface area contributed by atoms with Gasteiger partial charge in [0.05, 0.1) is 0 Å². The monoisotopic (exact) mass is 863 g/mol. The maximum absolute atomic E-state index is 12.8. The van der Waals surface area contributed by atoms with Crippen molar-refractivity contribution in [2.75, 3.05) is 13.2 Å². The number of carbonyl (C=O) groups excluding carboxylic acids is 3. The van der Waals surface area contributed by atoms with Crippen LogP contribution in [-0.4, -0.2) is 37.2 Å². The molecule has 0 aromatic heterocycles. The van der Waals surface area contributed by atoms with Crippen LogP contribution in [0.4, 0.5) is 0 Å². The van der Waals surface area contributed by atoms with Crippen molar-refractivity contribution in [3.63, 3.8) is 0 Å². The van der Waals surface area contributed by atoms with Gasteiger partial charge in [-0.2, -0.15) is 0 Å². The number of carbonyl (C=O) groups is 3. The summed E-state index contributed by atoms with van der Waals surface area (Å²) in [5, 5.41) is 0. The van der Waals surface area contributed by atoms with Gasteiger partial charge in [-0.15, -0.1) is 0 Å². The van der Waals surface area contributed by atoms with E-state index in [4.69, 9.17) is 14.2 Å². The zero-order valence-corrected chi connectivity index (χ0v) is 41.8. The zero-order chi connectivity index (χ0) is 44.7. The number of hydrogen-bond acceptors (Lipinski definition) is 6. The summed E-state index contributed by atoms with van der Waals surface area (Å²) in [6.45, 7) is 11.4. The third-order valence-corrected chi connectivity index (χ3v) is 12.5. The first kappa shape index (κ1) is 59.4. The smallest absolute Gasteiger partial charge is 0.306 e. The number of hydrogen-bond donors (Lipinski definition) is 0. The summed E-state index contributed by atoms with van der Waals surface area (Å²) in [4.78, 5) is 38.0. The standard InChI is InChI=1S/C55H106O6/c1-6-7-8-9-10-11-12-20-25-30-35-40-45-53(56)59-48-52(61-55(58)47-42-37-32-27-22-17-16-19-24-29-34-39-44-51(4)5)49-60-54(57)46-41-36-31-26-21-15-13-14-18-23-28-33-38-43-50(2)3/h50-52H,6-49H2,1-5H3/t52-/m0/s1. The molecule has 61 heavy (non-hydrogen) atoms. The fourth-order valence-corrected chi connectivity index (χ4v) is 8.34. The Morgan fingerprint density at radius 3 is 0.803 bits per heavy atom. The molecule has 1 atom stereocenters. The molecule has 6 heteroatoms. The highest BCUT2D eigenvalue weighted by Crippen LogP contribution is 2.18. The summed E-state index contributed by atoms with van der Waals surface area (Å²) in [5.74, 6) is 0.828. The van der Waals surface area contributed by atoms with E-state index in [0.717, 1.165) is 69.6 Å². The highest BCUT2D eigenvalue weighted by atomic mass is 16.6. The summed E-state index contributed by atoms with van der Waals surface area (Å²) >= 11 is 0. The summed E-state index contributed by atoms with van der Waals surface area (Å²) in [6.07, 6.45) is 49.4. The lowest BCUT2D eigenvalue weighted by Gasteiger charge is -2.18. The van der Waals surface area contributed by atoms with Crippen molar-refractivity contribution in [2.24, 2.45) is 11.8 Å². The van der Waals surface area contributed by atoms with E-state index in [1.807, 2.05) is 0 Å². The van der Waals surface area contributed by atoms with Crippen LogP contribution in [0.3, 0.4) is 0 Å². The van der Waals surface area contributed by atoms with E-state index in [9.17, 15) is 14.4 Å². The van der Waals surface area contributed by atoms with Crippen LogP contribution in [0.5, 0.6) is 0 Å². The van der Waals surface area contributed by atoms with E-state index in [2.05, 4.69) is 34.6 Å². The summed E-state index contributed by atoms with van der Waals surface area (Å²) < 4.78 is 16.8. The molecular weight excluding hydrogens is 757 g/mol. The predicted molar refractivity (Wildman–Crippen MR) is 261 cm³/mol. The quantitative estimate of drug-likeness (QED) is 0.0344. The molecule has 0 fully saturated rings. The second kappa shape index (κ2) is 47.9. The maximum Gasteiger partial charge on any atom is 0.306 e. The molecule has 0 aromatic carbocycles. The second-order valence-electron chi connectivity index (χ2n) is 19.8. The van der Waals surface area contributed by atoms with Gasteiger partial charge in [-0.25, -0.2) is 0 Å². The van der Waals surface area contributed by atoms with Gasteiger partial charge >= 0.3 is 17.9 Å². The molecule has 0 aromatic rings. The number of rotatable bonds is 49. The first-order valence-electron chi connectivity index (χ1n) is 27.2. The maximum atomic E-state index is 12.8. The van der Waals surface area contributed by atoms with Crippen molar-refractivity contribution in [1.82, 2.24) is 0 Å². The van der Waals surface area contributed by atoms with Crippen molar-refractivity contribution in [2.45, 2.75) is 310 Å². The molecule has 0 spiro atoms. The number of unbranched alkanes of at least 4 members (excludes halogenated alkanes) is 34. The Hall–Kier alpha value is -1.59. The first-order valence-corrected chi connectivity index (χ1v) is 27.2. The molecule has 0 unspecified atom stereocenters. The van der Waals surface area contributed by atoms with E-state index in [-0.39, 0.29) is 31.1 Å². The zero-order valence-electron chi connectivity index (χ0n) is 41.8. The van der Waals surface area contributed by atoms with Gasteiger partial charge in [0.25, 0.3) is 0 Å². The Morgan fingerprint density at radius 1 is 0.311 bits per heavy atom. The van der Waals surface area contributed by atoms with Gasteiger partial charge in [0, 0.05) is 19.3 Å². The number of ether oxygens (including phenoxy) is 3. The Bertz CT molecular complexity index is 931. The molecule has 0 saturated heterocycles. The predicted octanol–water partition coefficient (Wildman–Crippen LogP) is 17.7. The molecule has 6 nitrogen and oxygen atoms in total. The van der Waals surface area contributed by atoms with Gasteiger partial charge in [-0.1, -0.05) is 266 Å².